The highest BCUT2D eigenvalue weighted by Gasteiger charge is 2.64. The van der Waals surface area contributed by atoms with Crippen molar-refractivity contribution in [1.82, 2.24) is 0 Å². The summed E-state index contributed by atoms with van der Waals surface area (Å²) in [5.41, 5.74) is 1.10. The molecule has 4 heteroatoms. The Morgan fingerprint density at radius 1 is 0.955 bits per heavy atom. The van der Waals surface area contributed by atoms with Crippen LogP contribution in [0.4, 0.5) is 8.78 Å². The van der Waals surface area contributed by atoms with Crippen molar-refractivity contribution in [3.63, 3.8) is 0 Å². The number of fused-ring (bicyclic) bond motifs is 1. The number of halogens is 2. The van der Waals surface area contributed by atoms with Crippen LogP contribution in [-0.4, -0.2) is 11.9 Å². The molecular weight excluding hydrogens is 286 g/mol. The van der Waals surface area contributed by atoms with Gasteiger partial charge < -0.3 is 4.74 Å². The molecule has 1 aliphatic heterocycles. The molecule has 3 atom stereocenters. The van der Waals surface area contributed by atoms with Gasteiger partial charge in [-0.1, -0.05) is 24.3 Å². The Bertz CT molecular complexity index is 724. The van der Waals surface area contributed by atoms with Gasteiger partial charge in [-0.05, 0) is 48.2 Å². The number of Topliss-reactive ketones (excluding diaryl/α,β-unsaturated/α-hetero) is 1. The molecular formula is C18H14F2O2. The molecule has 22 heavy (non-hydrogen) atoms. The SMILES string of the molecule is O=C1[C@H]2O[C@@]2(c2ccc(F)cc2)CC[C@@H]1c1ccc(F)cc1. The van der Waals surface area contributed by atoms with E-state index in [4.69, 9.17) is 4.74 Å². The van der Waals surface area contributed by atoms with Gasteiger partial charge in [0, 0.05) is 5.92 Å². The van der Waals surface area contributed by atoms with Gasteiger partial charge in [-0.15, -0.1) is 0 Å². The van der Waals surface area contributed by atoms with Crippen molar-refractivity contribution in [1.29, 1.82) is 0 Å². The lowest BCUT2D eigenvalue weighted by Gasteiger charge is -2.24. The van der Waals surface area contributed by atoms with E-state index < -0.39 is 11.7 Å². The monoisotopic (exact) mass is 300 g/mol. The van der Waals surface area contributed by atoms with Crippen LogP contribution in [0.5, 0.6) is 0 Å². The molecule has 2 nitrogen and oxygen atoms in total. The lowest BCUT2D eigenvalue weighted by atomic mass is 9.75. The minimum Gasteiger partial charge on any atom is -0.353 e. The van der Waals surface area contributed by atoms with Crippen LogP contribution in [0, 0.1) is 11.6 Å². The standard InChI is InChI=1S/C18H14F2O2/c19-13-5-1-11(2-6-13)15-9-10-18(17(22-18)16(15)21)12-3-7-14(20)8-4-12/h1-8,15,17H,9-10H2/t15-,17-,18-/m1/s1. The van der Waals surface area contributed by atoms with Crippen molar-refractivity contribution in [3.8, 4) is 0 Å². The minimum absolute atomic E-state index is 0.0298. The molecule has 0 aromatic heterocycles. The molecule has 0 spiro atoms. The number of benzene rings is 2. The maximum absolute atomic E-state index is 13.0. The third-order valence-electron chi connectivity index (χ3n) is 4.71. The number of rotatable bonds is 2. The van der Waals surface area contributed by atoms with Gasteiger partial charge in [-0.2, -0.15) is 0 Å². The van der Waals surface area contributed by atoms with Crippen LogP contribution < -0.4 is 0 Å². The summed E-state index contributed by atoms with van der Waals surface area (Å²) in [5.74, 6) is -0.831. The Morgan fingerprint density at radius 2 is 1.55 bits per heavy atom. The van der Waals surface area contributed by atoms with E-state index in [2.05, 4.69) is 0 Å². The van der Waals surface area contributed by atoms with E-state index in [-0.39, 0.29) is 23.3 Å². The van der Waals surface area contributed by atoms with E-state index in [1.807, 2.05) is 0 Å². The molecule has 0 unspecified atom stereocenters. The fourth-order valence-electron chi connectivity index (χ4n) is 3.46. The lowest BCUT2D eigenvalue weighted by Crippen LogP contribution is -2.30. The van der Waals surface area contributed by atoms with Crippen LogP contribution in [-0.2, 0) is 15.1 Å². The number of hydrogen-bond acceptors (Lipinski definition) is 2. The molecule has 1 aliphatic carbocycles. The van der Waals surface area contributed by atoms with Crippen LogP contribution in [0.2, 0.25) is 0 Å². The first-order valence-electron chi connectivity index (χ1n) is 7.33. The third-order valence-corrected chi connectivity index (χ3v) is 4.71. The zero-order chi connectivity index (χ0) is 15.3. The molecule has 4 rings (SSSR count). The molecule has 2 aliphatic rings. The third kappa shape index (κ3) is 1.98. The number of carbonyl (C=O) groups is 1. The van der Waals surface area contributed by atoms with E-state index in [1.54, 1.807) is 24.3 Å². The summed E-state index contributed by atoms with van der Waals surface area (Å²) in [6, 6.07) is 12.2. The molecule has 0 N–H and O–H groups in total. The first kappa shape index (κ1) is 13.6. The lowest BCUT2D eigenvalue weighted by molar-refractivity contribution is -0.122. The zero-order valence-electron chi connectivity index (χ0n) is 11.8. The van der Waals surface area contributed by atoms with Crippen LogP contribution in [0.15, 0.2) is 48.5 Å². The summed E-state index contributed by atoms with van der Waals surface area (Å²) >= 11 is 0. The molecule has 2 fully saturated rings. The number of carbonyl (C=O) groups excluding carboxylic acids is 1. The Hall–Kier alpha value is -2.07. The van der Waals surface area contributed by atoms with E-state index in [0.29, 0.717) is 12.8 Å². The van der Waals surface area contributed by atoms with Crippen LogP contribution in [0.25, 0.3) is 0 Å². The topological polar surface area (TPSA) is 29.6 Å². The van der Waals surface area contributed by atoms with Gasteiger partial charge in [-0.25, -0.2) is 8.78 Å². The molecule has 0 bridgehead atoms. The summed E-state index contributed by atoms with van der Waals surface area (Å²) in [6.45, 7) is 0. The molecule has 1 saturated heterocycles. The van der Waals surface area contributed by atoms with Crippen LogP contribution in [0.1, 0.15) is 29.9 Å². The van der Waals surface area contributed by atoms with E-state index in [1.165, 1.54) is 24.3 Å². The van der Waals surface area contributed by atoms with Crippen molar-refractivity contribution < 1.29 is 18.3 Å². The largest absolute Gasteiger partial charge is 0.353 e. The average molecular weight is 300 g/mol. The highest BCUT2D eigenvalue weighted by molar-refractivity contribution is 5.94. The minimum atomic E-state index is -0.582. The van der Waals surface area contributed by atoms with Gasteiger partial charge >= 0.3 is 0 Å². The summed E-state index contributed by atoms with van der Waals surface area (Å²) in [4.78, 5) is 12.6. The average Bonchev–Trinajstić information content (AvgIpc) is 3.27. The van der Waals surface area contributed by atoms with Crippen LogP contribution in [0.3, 0.4) is 0 Å². The molecule has 112 valence electrons. The summed E-state index contributed by atoms with van der Waals surface area (Å²) in [5, 5.41) is 0. The second-order valence-electron chi connectivity index (χ2n) is 5.94. The van der Waals surface area contributed by atoms with Crippen molar-refractivity contribution in [2.75, 3.05) is 0 Å². The second kappa shape index (κ2) is 4.71. The van der Waals surface area contributed by atoms with Crippen molar-refractivity contribution in [2.45, 2.75) is 30.5 Å². The smallest absolute Gasteiger partial charge is 0.172 e. The number of ether oxygens (including phenoxy) is 1. The maximum atomic E-state index is 13.0. The van der Waals surface area contributed by atoms with Gasteiger partial charge in [0.2, 0.25) is 0 Å². The molecule has 0 amide bonds. The normalized spacial score (nSPS) is 30.0. The van der Waals surface area contributed by atoms with E-state index in [9.17, 15) is 13.6 Å². The fourth-order valence-corrected chi connectivity index (χ4v) is 3.46. The number of hydrogen-bond donors (Lipinski definition) is 0. The fraction of sp³-hybridized carbons (Fsp3) is 0.278. The van der Waals surface area contributed by atoms with E-state index >= 15 is 0 Å². The quantitative estimate of drug-likeness (QED) is 0.791. The predicted molar refractivity (Wildman–Crippen MR) is 76.3 cm³/mol. The number of epoxide rings is 1. The summed E-state index contributed by atoms with van der Waals surface area (Å²) in [6.07, 6.45) is 0.886. The van der Waals surface area contributed by atoms with E-state index in [0.717, 1.165) is 11.1 Å². The Kier molecular flexibility index (Phi) is 2.91. The first-order valence-corrected chi connectivity index (χ1v) is 7.33. The summed E-state index contributed by atoms with van der Waals surface area (Å²) < 4.78 is 31.8. The van der Waals surface area contributed by atoms with Gasteiger partial charge in [0.1, 0.15) is 17.2 Å². The van der Waals surface area contributed by atoms with Gasteiger partial charge in [0.15, 0.2) is 11.9 Å². The molecule has 1 saturated carbocycles. The van der Waals surface area contributed by atoms with Gasteiger partial charge in [0.05, 0.1) is 0 Å². The highest BCUT2D eigenvalue weighted by atomic mass is 19.1. The first-order chi connectivity index (χ1) is 10.6. The molecule has 0 radical (unpaired) electrons. The van der Waals surface area contributed by atoms with Gasteiger partial charge in [-0.3, -0.25) is 4.79 Å². The molecule has 2 aromatic carbocycles. The highest BCUT2D eigenvalue weighted by Crippen LogP contribution is 2.56. The molecule has 1 heterocycles. The van der Waals surface area contributed by atoms with Crippen molar-refractivity contribution in [3.05, 3.63) is 71.3 Å². The zero-order valence-corrected chi connectivity index (χ0v) is 11.8. The Morgan fingerprint density at radius 3 is 2.18 bits per heavy atom. The molecule has 2 aromatic rings. The summed E-state index contributed by atoms with van der Waals surface area (Å²) in [7, 11) is 0. The van der Waals surface area contributed by atoms with Gasteiger partial charge in [0.25, 0.3) is 0 Å². The number of ketones is 1. The maximum Gasteiger partial charge on any atom is 0.172 e. The Balaban J connectivity index is 1.59. The van der Waals surface area contributed by atoms with Crippen molar-refractivity contribution in [2.24, 2.45) is 0 Å². The second-order valence-corrected chi connectivity index (χ2v) is 5.94. The Labute approximate surface area is 126 Å². The van der Waals surface area contributed by atoms with Crippen molar-refractivity contribution >= 4 is 5.78 Å². The predicted octanol–water partition coefficient (Wildman–Crippen LogP) is 3.71. The van der Waals surface area contributed by atoms with Crippen LogP contribution >= 0.6 is 0 Å².